The lowest BCUT2D eigenvalue weighted by atomic mass is 10.0. The molecule has 0 amide bonds. The molecule has 154 valence electrons. The molecule has 0 spiro atoms. The first-order chi connectivity index (χ1) is 15.0. The number of rotatable bonds is 7. The van der Waals surface area contributed by atoms with Crippen molar-refractivity contribution in [3.8, 4) is 17.2 Å². The summed E-state index contributed by atoms with van der Waals surface area (Å²) in [5, 5.41) is 19.7. The second-order valence-electron chi connectivity index (χ2n) is 6.34. The van der Waals surface area contributed by atoms with E-state index >= 15 is 0 Å². The zero-order valence-electron chi connectivity index (χ0n) is 16.2. The Morgan fingerprint density at radius 2 is 1.74 bits per heavy atom. The third-order valence-corrected chi connectivity index (χ3v) is 5.30. The van der Waals surface area contributed by atoms with Gasteiger partial charge in [0.25, 0.3) is 10.9 Å². The highest BCUT2D eigenvalue weighted by molar-refractivity contribution is 7.99. The summed E-state index contributed by atoms with van der Waals surface area (Å²) in [6.07, 6.45) is 0. The predicted molar refractivity (Wildman–Crippen MR) is 113 cm³/mol. The first-order valence-electron chi connectivity index (χ1n) is 9.09. The number of benzene rings is 3. The van der Waals surface area contributed by atoms with Crippen LogP contribution in [0.2, 0.25) is 0 Å². The molecule has 31 heavy (non-hydrogen) atoms. The Morgan fingerprint density at radius 3 is 2.42 bits per heavy atom. The largest absolute Gasteiger partial charge is 0.497 e. The van der Waals surface area contributed by atoms with Crippen LogP contribution in [-0.2, 0) is 0 Å². The van der Waals surface area contributed by atoms with Crippen molar-refractivity contribution < 1.29 is 18.9 Å². The second-order valence-corrected chi connectivity index (χ2v) is 7.33. The van der Waals surface area contributed by atoms with Crippen LogP contribution in [0, 0.1) is 10.1 Å². The number of nitro groups is 1. The first kappa shape index (κ1) is 20.3. The number of hydrogen-bond donors (Lipinski definition) is 0. The highest BCUT2D eigenvalue weighted by Gasteiger charge is 2.21. The molecule has 4 aromatic rings. The number of aromatic nitrogens is 2. The molecule has 8 nitrogen and oxygen atoms in total. The molecule has 3 aromatic carbocycles. The van der Waals surface area contributed by atoms with Gasteiger partial charge in [0.15, 0.2) is 5.78 Å². The fourth-order valence-corrected chi connectivity index (χ4v) is 3.60. The molecule has 0 unspecified atom stereocenters. The second kappa shape index (κ2) is 8.80. The van der Waals surface area contributed by atoms with Gasteiger partial charge < -0.3 is 9.15 Å². The van der Waals surface area contributed by atoms with Gasteiger partial charge in [-0.1, -0.05) is 30.3 Å². The van der Waals surface area contributed by atoms with E-state index in [-0.39, 0.29) is 28.1 Å². The summed E-state index contributed by atoms with van der Waals surface area (Å²) in [6.45, 7) is 0. The molecule has 1 heterocycles. The molecule has 0 aliphatic carbocycles. The molecule has 0 atom stereocenters. The number of ether oxygens (including phenoxy) is 1. The average Bonchev–Trinajstić information content (AvgIpc) is 3.28. The van der Waals surface area contributed by atoms with Gasteiger partial charge in [-0.05, 0) is 48.2 Å². The van der Waals surface area contributed by atoms with Crippen LogP contribution in [0.4, 0.5) is 5.69 Å². The van der Waals surface area contributed by atoms with Gasteiger partial charge in [-0.15, -0.1) is 10.2 Å². The van der Waals surface area contributed by atoms with Crippen LogP contribution in [0.3, 0.4) is 0 Å². The van der Waals surface area contributed by atoms with E-state index in [1.54, 1.807) is 67.8 Å². The van der Waals surface area contributed by atoms with Crippen molar-refractivity contribution in [2.75, 3.05) is 7.11 Å². The number of nitrogens with zero attached hydrogens (tertiary/aromatic N) is 3. The molecule has 0 saturated carbocycles. The third-order valence-electron chi connectivity index (χ3n) is 4.39. The molecule has 4 rings (SSSR count). The monoisotopic (exact) mass is 433 g/mol. The number of methoxy groups -OCH3 is 1. The third kappa shape index (κ3) is 4.46. The van der Waals surface area contributed by atoms with Crippen molar-refractivity contribution in [3.05, 3.63) is 94.0 Å². The van der Waals surface area contributed by atoms with Crippen molar-refractivity contribution in [3.63, 3.8) is 0 Å². The van der Waals surface area contributed by atoms with Gasteiger partial charge in [-0.3, -0.25) is 14.9 Å². The number of carbonyl (C=O) groups excluding carboxylic acids is 1. The van der Waals surface area contributed by atoms with Crippen LogP contribution >= 0.6 is 11.8 Å². The van der Waals surface area contributed by atoms with Crippen molar-refractivity contribution in [2.24, 2.45) is 0 Å². The zero-order chi connectivity index (χ0) is 21.8. The maximum Gasteiger partial charge on any atom is 0.284 e. The highest BCUT2D eigenvalue weighted by Crippen LogP contribution is 2.36. The summed E-state index contributed by atoms with van der Waals surface area (Å²) < 4.78 is 10.8. The summed E-state index contributed by atoms with van der Waals surface area (Å²) in [6, 6.07) is 20.0. The molecule has 0 N–H and O–H groups in total. The van der Waals surface area contributed by atoms with Crippen molar-refractivity contribution in [1.82, 2.24) is 10.2 Å². The Labute approximate surface area is 181 Å². The van der Waals surface area contributed by atoms with E-state index in [1.807, 2.05) is 0 Å². The van der Waals surface area contributed by atoms with E-state index in [9.17, 15) is 14.9 Å². The van der Waals surface area contributed by atoms with Gasteiger partial charge in [-0.2, -0.15) is 0 Å². The molecular weight excluding hydrogens is 418 g/mol. The molecule has 0 fully saturated rings. The maximum atomic E-state index is 12.6. The molecule has 0 saturated heterocycles. The Morgan fingerprint density at radius 1 is 1.00 bits per heavy atom. The maximum absolute atomic E-state index is 12.6. The van der Waals surface area contributed by atoms with Crippen LogP contribution in [0.15, 0.2) is 87.3 Å². The first-order valence-corrected chi connectivity index (χ1v) is 9.91. The SMILES string of the molecule is COc1ccc(-c2nnc(Sc3ccc(C(=O)c4ccccc4)cc3[N+](=O)[O-])o2)cc1. The Hall–Kier alpha value is -3.98. The molecule has 0 aliphatic heterocycles. The number of ketones is 1. The minimum absolute atomic E-state index is 0.149. The minimum atomic E-state index is -0.537. The van der Waals surface area contributed by atoms with E-state index in [0.29, 0.717) is 21.8 Å². The summed E-state index contributed by atoms with van der Waals surface area (Å²) >= 11 is 0.964. The van der Waals surface area contributed by atoms with Crippen LogP contribution in [0.1, 0.15) is 15.9 Å². The van der Waals surface area contributed by atoms with Gasteiger partial charge in [0.2, 0.25) is 5.89 Å². The van der Waals surface area contributed by atoms with Crippen molar-refractivity contribution >= 4 is 23.2 Å². The lowest BCUT2D eigenvalue weighted by Gasteiger charge is -2.04. The van der Waals surface area contributed by atoms with E-state index in [1.165, 1.54) is 12.1 Å². The van der Waals surface area contributed by atoms with Crippen LogP contribution in [-0.4, -0.2) is 28.0 Å². The van der Waals surface area contributed by atoms with E-state index in [4.69, 9.17) is 9.15 Å². The Bertz CT molecular complexity index is 1240. The van der Waals surface area contributed by atoms with E-state index in [2.05, 4.69) is 10.2 Å². The van der Waals surface area contributed by atoms with Gasteiger partial charge in [0.1, 0.15) is 5.75 Å². The van der Waals surface area contributed by atoms with Crippen LogP contribution in [0.25, 0.3) is 11.5 Å². The fourth-order valence-electron chi connectivity index (χ4n) is 2.84. The zero-order valence-corrected chi connectivity index (χ0v) is 17.0. The number of carbonyl (C=O) groups is 1. The van der Waals surface area contributed by atoms with Gasteiger partial charge in [-0.25, -0.2) is 0 Å². The summed E-state index contributed by atoms with van der Waals surface area (Å²) in [5.41, 5.74) is 1.17. The topological polar surface area (TPSA) is 108 Å². The molecule has 0 bridgehead atoms. The molecule has 1 aromatic heterocycles. The van der Waals surface area contributed by atoms with E-state index < -0.39 is 4.92 Å². The molecule has 9 heteroatoms. The molecule has 0 radical (unpaired) electrons. The Kier molecular flexibility index (Phi) is 5.76. The predicted octanol–water partition coefficient (Wildman–Crippen LogP) is 5.04. The summed E-state index contributed by atoms with van der Waals surface area (Å²) in [5.74, 6) is 0.683. The van der Waals surface area contributed by atoms with Crippen molar-refractivity contribution in [1.29, 1.82) is 0 Å². The number of nitro benzene ring substituents is 1. The lowest BCUT2D eigenvalue weighted by molar-refractivity contribution is -0.387. The quantitative estimate of drug-likeness (QED) is 0.227. The summed E-state index contributed by atoms with van der Waals surface area (Å²) in [4.78, 5) is 24.0. The number of hydrogen-bond acceptors (Lipinski definition) is 8. The van der Waals surface area contributed by atoms with Crippen molar-refractivity contribution in [2.45, 2.75) is 10.1 Å². The van der Waals surface area contributed by atoms with Crippen LogP contribution in [0.5, 0.6) is 5.75 Å². The van der Waals surface area contributed by atoms with Crippen LogP contribution < -0.4 is 4.74 Å². The standard InChI is InChI=1S/C22H15N3O5S/c1-29-17-10-7-15(8-11-17)21-23-24-22(30-21)31-19-12-9-16(13-18(19)25(27)28)20(26)14-5-3-2-4-6-14/h2-13H,1H3. The van der Waals surface area contributed by atoms with Gasteiger partial charge >= 0.3 is 0 Å². The normalized spacial score (nSPS) is 10.6. The minimum Gasteiger partial charge on any atom is -0.497 e. The van der Waals surface area contributed by atoms with Gasteiger partial charge in [0, 0.05) is 22.8 Å². The molecular formula is C22H15N3O5S. The smallest absolute Gasteiger partial charge is 0.284 e. The average molecular weight is 433 g/mol. The van der Waals surface area contributed by atoms with E-state index in [0.717, 1.165) is 11.8 Å². The summed E-state index contributed by atoms with van der Waals surface area (Å²) in [7, 11) is 1.57. The fraction of sp³-hybridized carbons (Fsp3) is 0.0455. The lowest BCUT2D eigenvalue weighted by Crippen LogP contribution is -2.02. The highest BCUT2D eigenvalue weighted by atomic mass is 32.2. The molecule has 0 aliphatic rings. The Balaban J connectivity index is 1.59. The van der Waals surface area contributed by atoms with Gasteiger partial charge in [0.05, 0.1) is 16.9 Å².